The van der Waals surface area contributed by atoms with Gasteiger partial charge in [0.05, 0.1) is 32.0 Å². The second-order valence-electron chi connectivity index (χ2n) is 9.46. The first-order valence-corrected chi connectivity index (χ1v) is 13.7. The Morgan fingerprint density at radius 1 is 0.846 bits per heavy atom. The molecule has 0 fully saturated rings. The highest BCUT2D eigenvalue weighted by Gasteiger charge is 2.23. The van der Waals surface area contributed by atoms with Crippen LogP contribution < -0.4 is 18.9 Å². The summed E-state index contributed by atoms with van der Waals surface area (Å²) in [5.41, 5.74) is 2.36. The maximum absolute atomic E-state index is 12.2. The highest BCUT2D eigenvalue weighted by atomic mass is 16.5. The first kappa shape index (κ1) is 29.8. The summed E-state index contributed by atoms with van der Waals surface area (Å²) in [6, 6.07) is 8.95. The van der Waals surface area contributed by atoms with Gasteiger partial charge in [-0.05, 0) is 74.4 Å². The lowest BCUT2D eigenvalue weighted by atomic mass is 9.98. The van der Waals surface area contributed by atoms with E-state index in [1.54, 1.807) is 24.3 Å². The van der Waals surface area contributed by atoms with Crippen molar-refractivity contribution in [1.29, 1.82) is 0 Å². The molecule has 0 saturated carbocycles. The van der Waals surface area contributed by atoms with Crippen LogP contribution in [0.3, 0.4) is 0 Å². The molecule has 39 heavy (non-hydrogen) atoms. The maximum Gasteiger partial charge on any atom is 0.303 e. The predicted molar refractivity (Wildman–Crippen MR) is 144 cm³/mol. The molecule has 9 nitrogen and oxygen atoms in total. The summed E-state index contributed by atoms with van der Waals surface area (Å²) in [4.78, 5) is 34.0. The summed E-state index contributed by atoms with van der Waals surface area (Å²) in [5.74, 6) is 0.979. The third-order valence-corrected chi connectivity index (χ3v) is 6.34. The number of aryl methyl sites for hydroxylation is 1. The first-order valence-electron chi connectivity index (χ1n) is 13.7. The Kier molecular flexibility index (Phi) is 11.9. The molecule has 0 aromatic heterocycles. The summed E-state index contributed by atoms with van der Waals surface area (Å²) < 4.78 is 23.5. The number of hydrogen-bond acceptors (Lipinski definition) is 7. The first-order chi connectivity index (χ1) is 18.9. The number of carboxylic acid groups (broad SMARTS) is 2. The van der Waals surface area contributed by atoms with E-state index in [1.165, 1.54) is 0 Å². The molecule has 0 radical (unpaired) electrons. The fraction of sp³-hybridized carbons (Fsp3) is 0.500. The maximum atomic E-state index is 12.2. The number of ketones is 1. The zero-order chi connectivity index (χ0) is 28.0. The summed E-state index contributed by atoms with van der Waals surface area (Å²) in [7, 11) is 0. The zero-order valence-electron chi connectivity index (χ0n) is 22.5. The third kappa shape index (κ3) is 9.50. The van der Waals surface area contributed by atoms with Crippen LogP contribution in [0.1, 0.15) is 79.8 Å². The van der Waals surface area contributed by atoms with Crippen LogP contribution in [0.5, 0.6) is 23.0 Å². The Hall–Kier alpha value is -3.75. The van der Waals surface area contributed by atoms with E-state index >= 15 is 0 Å². The van der Waals surface area contributed by atoms with E-state index < -0.39 is 11.9 Å². The van der Waals surface area contributed by atoms with Crippen molar-refractivity contribution < 1.29 is 43.5 Å². The van der Waals surface area contributed by atoms with Crippen molar-refractivity contribution in [3.05, 3.63) is 47.0 Å². The topological polar surface area (TPSA) is 129 Å². The molecule has 0 aliphatic carbocycles. The third-order valence-electron chi connectivity index (χ3n) is 6.34. The lowest BCUT2D eigenvalue weighted by Gasteiger charge is -2.22. The lowest BCUT2D eigenvalue weighted by Crippen LogP contribution is -2.17. The van der Waals surface area contributed by atoms with Crippen LogP contribution in [0.4, 0.5) is 0 Å². The number of rotatable bonds is 18. The molecule has 1 aliphatic heterocycles. The number of unbranched alkanes of at least 4 members (excludes halogenated alkanes) is 2. The minimum atomic E-state index is -0.895. The predicted octanol–water partition coefficient (Wildman–Crippen LogP) is 5.49. The number of fused-ring (bicyclic) bond motifs is 1. The summed E-state index contributed by atoms with van der Waals surface area (Å²) >= 11 is 0. The molecule has 0 spiro atoms. The van der Waals surface area contributed by atoms with E-state index in [-0.39, 0.29) is 25.2 Å². The molecular formula is C30H38O9. The Morgan fingerprint density at radius 2 is 1.54 bits per heavy atom. The van der Waals surface area contributed by atoms with Crippen molar-refractivity contribution in [2.24, 2.45) is 0 Å². The number of ether oxygens (including phenoxy) is 4. The van der Waals surface area contributed by atoms with Gasteiger partial charge in [0, 0.05) is 24.8 Å². The molecule has 2 aromatic carbocycles. The Balaban J connectivity index is 1.45. The van der Waals surface area contributed by atoms with Crippen LogP contribution >= 0.6 is 0 Å². The van der Waals surface area contributed by atoms with E-state index in [0.717, 1.165) is 49.0 Å². The van der Waals surface area contributed by atoms with Crippen molar-refractivity contribution in [3.63, 3.8) is 0 Å². The van der Waals surface area contributed by atoms with Gasteiger partial charge >= 0.3 is 11.9 Å². The molecule has 212 valence electrons. The minimum absolute atomic E-state index is 0.0285. The number of aliphatic carboxylic acids is 2. The number of benzene rings is 2. The Bertz CT molecular complexity index is 1130. The van der Waals surface area contributed by atoms with Crippen molar-refractivity contribution in [1.82, 2.24) is 0 Å². The standard InChI is InChI=1S/C30H38O9/c1-2-7-24-27(13-11-23-25(31)15-19-39-30(23)24)38-17-5-3-4-16-37-26-12-10-22(36-18-6-8-28(32)33)20-21(26)9-14-29(34)35/h10-13,20H,2-9,14-19H2,1H3,(H,32,33)(H,34,35). The molecular weight excluding hydrogens is 504 g/mol. The SMILES string of the molecule is CCCc1c(OCCCCCOc2ccc(OCCCC(=O)O)cc2CCC(=O)O)ccc2c1OCCC2=O. The van der Waals surface area contributed by atoms with Crippen LogP contribution in [-0.2, 0) is 22.4 Å². The fourth-order valence-corrected chi connectivity index (χ4v) is 4.38. The van der Waals surface area contributed by atoms with Crippen molar-refractivity contribution >= 4 is 17.7 Å². The zero-order valence-corrected chi connectivity index (χ0v) is 22.5. The van der Waals surface area contributed by atoms with Gasteiger partial charge in [0.25, 0.3) is 0 Å². The Morgan fingerprint density at radius 3 is 2.26 bits per heavy atom. The molecule has 1 heterocycles. The van der Waals surface area contributed by atoms with Crippen molar-refractivity contribution in [3.8, 4) is 23.0 Å². The fourth-order valence-electron chi connectivity index (χ4n) is 4.38. The van der Waals surface area contributed by atoms with Crippen LogP contribution in [0, 0.1) is 0 Å². The van der Waals surface area contributed by atoms with E-state index in [2.05, 4.69) is 6.92 Å². The number of carboxylic acids is 2. The van der Waals surface area contributed by atoms with Crippen LogP contribution in [-0.4, -0.2) is 54.4 Å². The molecule has 9 heteroatoms. The molecule has 0 bridgehead atoms. The van der Waals surface area contributed by atoms with Gasteiger partial charge in [-0.1, -0.05) is 13.3 Å². The smallest absolute Gasteiger partial charge is 0.303 e. The van der Waals surface area contributed by atoms with Crippen LogP contribution in [0.15, 0.2) is 30.3 Å². The highest BCUT2D eigenvalue weighted by Crippen LogP contribution is 2.36. The van der Waals surface area contributed by atoms with Crippen molar-refractivity contribution in [2.75, 3.05) is 26.4 Å². The summed E-state index contributed by atoms with van der Waals surface area (Å²) in [6.45, 7) is 3.79. The Labute approximate surface area is 229 Å². The second kappa shape index (κ2) is 15.6. The molecule has 3 rings (SSSR count). The molecule has 0 unspecified atom stereocenters. The molecule has 2 aromatic rings. The van der Waals surface area contributed by atoms with Gasteiger partial charge in [-0.15, -0.1) is 0 Å². The summed E-state index contributed by atoms with van der Waals surface area (Å²) in [5, 5.41) is 17.8. The van der Waals surface area contributed by atoms with Gasteiger partial charge < -0.3 is 29.2 Å². The van der Waals surface area contributed by atoms with Crippen LogP contribution in [0.25, 0.3) is 0 Å². The van der Waals surface area contributed by atoms with E-state index in [9.17, 15) is 14.4 Å². The molecule has 0 amide bonds. The molecule has 2 N–H and O–H groups in total. The summed E-state index contributed by atoms with van der Waals surface area (Å²) in [6.07, 6.45) is 5.34. The quantitative estimate of drug-likeness (QED) is 0.235. The number of hydrogen-bond donors (Lipinski definition) is 2. The number of carbonyl (C=O) groups is 3. The number of Topliss-reactive ketones (excluding diaryl/α,β-unsaturated/α-hetero) is 1. The van der Waals surface area contributed by atoms with E-state index in [0.29, 0.717) is 61.9 Å². The van der Waals surface area contributed by atoms with E-state index in [1.807, 2.05) is 6.07 Å². The van der Waals surface area contributed by atoms with E-state index in [4.69, 9.17) is 29.2 Å². The average Bonchev–Trinajstić information content (AvgIpc) is 2.91. The number of carbonyl (C=O) groups excluding carboxylic acids is 1. The molecule has 0 saturated heterocycles. The van der Waals surface area contributed by atoms with Gasteiger partial charge in [0.15, 0.2) is 5.78 Å². The van der Waals surface area contributed by atoms with Gasteiger partial charge in [-0.25, -0.2) is 0 Å². The second-order valence-corrected chi connectivity index (χ2v) is 9.46. The van der Waals surface area contributed by atoms with Crippen LogP contribution in [0.2, 0.25) is 0 Å². The van der Waals surface area contributed by atoms with Gasteiger partial charge in [0.2, 0.25) is 0 Å². The average molecular weight is 543 g/mol. The van der Waals surface area contributed by atoms with Gasteiger partial charge in [-0.2, -0.15) is 0 Å². The van der Waals surface area contributed by atoms with Gasteiger partial charge in [0.1, 0.15) is 23.0 Å². The minimum Gasteiger partial charge on any atom is -0.494 e. The monoisotopic (exact) mass is 542 g/mol. The van der Waals surface area contributed by atoms with Crippen molar-refractivity contribution in [2.45, 2.75) is 71.1 Å². The normalized spacial score (nSPS) is 12.4. The molecule has 1 aliphatic rings. The van der Waals surface area contributed by atoms with Gasteiger partial charge in [-0.3, -0.25) is 14.4 Å². The molecule has 0 atom stereocenters. The largest absolute Gasteiger partial charge is 0.494 e. The highest BCUT2D eigenvalue weighted by molar-refractivity contribution is 6.00. The lowest BCUT2D eigenvalue weighted by molar-refractivity contribution is -0.138.